The van der Waals surface area contributed by atoms with Gasteiger partial charge in [0.2, 0.25) is 5.88 Å². The lowest BCUT2D eigenvalue weighted by molar-refractivity contribution is 0.128. The average molecular weight is 103 g/mol. The van der Waals surface area contributed by atoms with Crippen LogP contribution < -0.4 is 5.73 Å². The second-order valence-electron chi connectivity index (χ2n) is 0.952. The number of aromatic amines is 2. The maximum atomic E-state index is 5.07. The molecule has 4 N–H and O–H groups in total. The minimum atomic E-state index is 0.242. The van der Waals surface area contributed by atoms with Gasteiger partial charge in [0.15, 0.2) is 0 Å². The lowest BCUT2D eigenvalue weighted by Gasteiger charge is -1.85. The molecule has 1 rings (SSSR count). The molecule has 0 bridgehead atoms. The quantitative estimate of drug-likeness (QED) is 0.439. The smallest absolute Gasteiger partial charge is 0.240 e. The molecule has 0 aliphatic carbocycles. The number of nitrogen functional groups attached to an aromatic ring is 1. The molecule has 0 radical (unpaired) electrons. The van der Waals surface area contributed by atoms with Crippen molar-refractivity contribution in [2.45, 2.75) is 0 Å². The van der Waals surface area contributed by atoms with Crippen LogP contribution in [0.15, 0.2) is 15.3 Å². The Morgan fingerprint density at radius 3 is 2.86 bits per heavy atom. The van der Waals surface area contributed by atoms with Gasteiger partial charge < -0.3 is 10.3 Å². The molecule has 0 saturated heterocycles. The molecule has 0 atom stereocenters. The highest BCUT2D eigenvalue weighted by Gasteiger charge is 1.75. The number of H-pyrrole nitrogens is 2. The van der Waals surface area contributed by atoms with Gasteiger partial charge in [0.1, 0.15) is 6.20 Å². The van der Waals surface area contributed by atoms with E-state index in [-0.39, 0.29) is 5.88 Å². The van der Waals surface area contributed by atoms with Crippen molar-refractivity contribution < 1.29 is 9.15 Å². The standard InChI is InChI=1S/C2H5N3O2/c3-2-1-4-7-5-6-2/h1,4-5H,3H2. The van der Waals surface area contributed by atoms with Crippen molar-refractivity contribution in [3.63, 3.8) is 0 Å². The van der Waals surface area contributed by atoms with E-state index in [0.717, 1.165) is 0 Å². The Kier molecular flexibility index (Phi) is 0.816. The Morgan fingerprint density at radius 2 is 2.57 bits per heavy atom. The van der Waals surface area contributed by atoms with Gasteiger partial charge in [0.25, 0.3) is 0 Å². The van der Waals surface area contributed by atoms with Gasteiger partial charge in [0.05, 0.1) is 0 Å². The second kappa shape index (κ2) is 1.46. The number of aromatic nitrogens is 2. The molecular weight excluding hydrogens is 98.0 g/mol. The molecular formula is C2H5N3O2. The molecule has 1 aromatic heterocycles. The Labute approximate surface area is 38.7 Å². The zero-order valence-electron chi connectivity index (χ0n) is 3.47. The van der Waals surface area contributed by atoms with Gasteiger partial charge in [-0.05, 0) is 0 Å². The van der Waals surface area contributed by atoms with Gasteiger partial charge in [-0.25, -0.2) is 0 Å². The van der Waals surface area contributed by atoms with E-state index in [9.17, 15) is 0 Å². The van der Waals surface area contributed by atoms with E-state index in [4.69, 9.17) is 5.73 Å². The molecule has 7 heavy (non-hydrogen) atoms. The fraction of sp³-hybridized carbons (Fsp3) is 0. The van der Waals surface area contributed by atoms with Crippen molar-refractivity contribution in [3.05, 3.63) is 6.20 Å². The Balaban J connectivity index is 3.02. The maximum absolute atomic E-state index is 5.07. The monoisotopic (exact) mass is 103 g/mol. The summed E-state index contributed by atoms with van der Waals surface area (Å²) in [6.07, 6.45) is 1.37. The summed E-state index contributed by atoms with van der Waals surface area (Å²) in [5.41, 5.74) is 5.07. The lowest BCUT2D eigenvalue weighted by Crippen LogP contribution is -1.85. The van der Waals surface area contributed by atoms with Gasteiger partial charge in [-0.2, -0.15) is 5.16 Å². The van der Waals surface area contributed by atoms with Crippen LogP contribution in [0.5, 0.6) is 0 Å². The normalized spacial score (nSPS) is 8.57. The van der Waals surface area contributed by atoms with Gasteiger partial charge in [-0.3, -0.25) is 4.63 Å². The molecule has 0 spiro atoms. The van der Waals surface area contributed by atoms with Crippen LogP contribution >= 0.6 is 0 Å². The minimum Gasteiger partial charge on any atom is -0.366 e. The Bertz CT molecular complexity index is 141. The van der Waals surface area contributed by atoms with Crippen LogP contribution in [-0.4, -0.2) is 10.5 Å². The molecule has 1 heterocycles. The highest BCUT2D eigenvalue weighted by Crippen LogP contribution is 1.88. The first kappa shape index (κ1) is 3.91. The zero-order valence-corrected chi connectivity index (χ0v) is 3.47. The first-order valence-corrected chi connectivity index (χ1v) is 1.68. The van der Waals surface area contributed by atoms with Crippen LogP contribution in [0.2, 0.25) is 0 Å². The van der Waals surface area contributed by atoms with Crippen LogP contribution in [0, 0.1) is 0 Å². The second-order valence-corrected chi connectivity index (χ2v) is 0.952. The van der Waals surface area contributed by atoms with Crippen molar-refractivity contribution in [2.24, 2.45) is 0 Å². The molecule has 0 aromatic carbocycles. The fourth-order valence-corrected chi connectivity index (χ4v) is 0.210. The van der Waals surface area contributed by atoms with Crippen molar-refractivity contribution in [3.8, 4) is 0 Å². The predicted octanol–water partition coefficient (Wildman–Crippen LogP) is 0.235. The topological polar surface area (TPSA) is 83.9 Å². The summed E-state index contributed by atoms with van der Waals surface area (Å²) in [5.74, 6) is 0.242. The van der Waals surface area contributed by atoms with Crippen LogP contribution in [0.4, 0.5) is 5.88 Å². The highest BCUT2D eigenvalue weighted by atomic mass is 16.7. The van der Waals surface area contributed by atoms with Crippen molar-refractivity contribution in [1.29, 1.82) is 0 Å². The molecule has 0 amide bonds. The molecule has 5 nitrogen and oxygen atoms in total. The Hall–Kier alpha value is -1.26. The number of nitrogens with two attached hydrogens (primary N) is 1. The van der Waals surface area contributed by atoms with Crippen LogP contribution in [-0.2, 0) is 0 Å². The maximum Gasteiger partial charge on any atom is 0.240 e. The molecule has 5 heteroatoms. The Morgan fingerprint density at radius 1 is 1.71 bits per heavy atom. The SMILES string of the molecule is Nc1c[nH]o[nH]o1. The molecule has 40 valence electrons. The van der Waals surface area contributed by atoms with E-state index in [1.807, 2.05) is 5.33 Å². The van der Waals surface area contributed by atoms with Crippen LogP contribution in [0.3, 0.4) is 0 Å². The van der Waals surface area contributed by atoms with E-state index in [0.29, 0.717) is 0 Å². The molecule has 0 unspecified atom stereocenters. The van der Waals surface area contributed by atoms with Crippen molar-refractivity contribution >= 4 is 5.88 Å². The first-order chi connectivity index (χ1) is 3.39. The number of hydrogen-bond donors (Lipinski definition) is 3. The third-order valence-corrected chi connectivity index (χ3v) is 0.461. The van der Waals surface area contributed by atoms with E-state index in [1.54, 1.807) is 0 Å². The predicted molar refractivity (Wildman–Crippen MR) is 21.7 cm³/mol. The largest absolute Gasteiger partial charge is 0.366 e. The van der Waals surface area contributed by atoms with Gasteiger partial charge in [-0.15, -0.1) is 0 Å². The van der Waals surface area contributed by atoms with Gasteiger partial charge in [-0.1, -0.05) is 5.33 Å². The number of hydrogen-bond acceptors (Lipinski definition) is 3. The summed E-state index contributed by atoms with van der Waals surface area (Å²) < 4.78 is 8.64. The van der Waals surface area contributed by atoms with E-state index >= 15 is 0 Å². The summed E-state index contributed by atoms with van der Waals surface area (Å²) in [6.45, 7) is 0. The van der Waals surface area contributed by atoms with Gasteiger partial charge >= 0.3 is 0 Å². The molecule has 0 aliphatic rings. The number of anilines is 1. The number of nitrogens with one attached hydrogen (secondary N) is 2. The molecule has 1 aromatic rings. The molecule has 0 aliphatic heterocycles. The molecule has 0 fully saturated rings. The summed E-state index contributed by atoms with van der Waals surface area (Å²) in [6, 6.07) is 0. The first-order valence-electron chi connectivity index (χ1n) is 1.68. The fourth-order valence-electron chi connectivity index (χ4n) is 0.210. The summed E-state index contributed by atoms with van der Waals surface area (Å²) in [7, 11) is 0. The van der Waals surface area contributed by atoms with Gasteiger partial charge in [0, 0.05) is 0 Å². The summed E-state index contributed by atoms with van der Waals surface area (Å²) >= 11 is 0. The van der Waals surface area contributed by atoms with E-state index in [2.05, 4.69) is 14.3 Å². The van der Waals surface area contributed by atoms with Crippen LogP contribution in [0.25, 0.3) is 0 Å². The third kappa shape index (κ3) is 0.783. The molecule has 0 saturated carbocycles. The van der Waals surface area contributed by atoms with Crippen molar-refractivity contribution in [2.75, 3.05) is 5.73 Å². The summed E-state index contributed by atoms with van der Waals surface area (Å²) in [4.78, 5) is 0. The van der Waals surface area contributed by atoms with Crippen molar-refractivity contribution in [1.82, 2.24) is 10.5 Å². The van der Waals surface area contributed by atoms with E-state index < -0.39 is 0 Å². The third-order valence-electron chi connectivity index (χ3n) is 0.461. The zero-order chi connectivity index (χ0) is 5.11. The lowest BCUT2D eigenvalue weighted by atomic mass is 10.8. The number of rotatable bonds is 0. The summed E-state index contributed by atoms with van der Waals surface area (Å²) in [5, 5.41) is 4.34. The van der Waals surface area contributed by atoms with Crippen LogP contribution in [0.1, 0.15) is 0 Å². The van der Waals surface area contributed by atoms with E-state index in [1.165, 1.54) is 6.20 Å². The highest BCUT2D eigenvalue weighted by molar-refractivity contribution is 5.12. The minimum absolute atomic E-state index is 0.242. The average Bonchev–Trinajstić information content (AvgIpc) is 1.69.